The minimum Gasteiger partial charge on any atom is -0.389 e. The van der Waals surface area contributed by atoms with E-state index in [-0.39, 0.29) is 15.2 Å². The lowest BCUT2D eigenvalue weighted by Gasteiger charge is -2.26. The van der Waals surface area contributed by atoms with Crippen LogP contribution in [0.3, 0.4) is 0 Å². The summed E-state index contributed by atoms with van der Waals surface area (Å²) in [6.45, 7) is 0.0465. The van der Waals surface area contributed by atoms with Crippen LogP contribution in [-0.2, 0) is 10.0 Å². The fourth-order valence-corrected chi connectivity index (χ4v) is 4.68. The van der Waals surface area contributed by atoms with Crippen molar-refractivity contribution < 1.29 is 13.5 Å². The van der Waals surface area contributed by atoms with E-state index < -0.39 is 15.6 Å². The molecule has 0 amide bonds. The van der Waals surface area contributed by atoms with Crippen LogP contribution >= 0.6 is 22.9 Å². The molecule has 8 heteroatoms. The number of rotatable bonds is 4. The predicted molar refractivity (Wildman–Crippen MR) is 75.0 cm³/mol. The van der Waals surface area contributed by atoms with Crippen molar-refractivity contribution in [3.8, 4) is 0 Å². The first kappa shape index (κ1) is 15.2. The third kappa shape index (κ3) is 4.13. The van der Waals surface area contributed by atoms with Crippen molar-refractivity contribution in [2.45, 2.75) is 48.3 Å². The van der Waals surface area contributed by atoms with Gasteiger partial charge >= 0.3 is 0 Å². The molecular weight excluding hydrogens is 308 g/mol. The Labute approximate surface area is 122 Å². The number of aliphatic hydroxyl groups is 1. The first-order valence-electron chi connectivity index (χ1n) is 6.25. The Kier molecular flexibility index (Phi) is 4.84. The average molecular weight is 325 g/mol. The van der Waals surface area contributed by atoms with E-state index in [1.165, 1.54) is 6.20 Å². The van der Waals surface area contributed by atoms with E-state index in [1.807, 2.05) is 0 Å². The molecule has 0 radical (unpaired) electrons. The molecule has 2 rings (SSSR count). The highest BCUT2D eigenvalue weighted by atomic mass is 35.5. The summed E-state index contributed by atoms with van der Waals surface area (Å²) in [5, 5.41) is 10.4. The van der Waals surface area contributed by atoms with Gasteiger partial charge in [0.2, 0.25) is 0 Å². The molecule has 108 valence electrons. The van der Waals surface area contributed by atoms with Gasteiger partial charge in [-0.05, 0) is 12.8 Å². The molecule has 0 aliphatic heterocycles. The zero-order chi connectivity index (χ0) is 13.9. The summed E-state index contributed by atoms with van der Waals surface area (Å²) >= 11 is 6.54. The lowest BCUT2D eigenvalue weighted by molar-refractivity contribution is 0.0303. The summed E-state index contributed by atoms with van der Waals surface area (Å²) in [5.74, 6) is 0. The van der Waals surface area contributed by atoms with Gasteiger partial charge in [0.05, 0.1) is 11.8 Å². The summed E-state index contributed by atoms with van der Waals surface area (Å²) in [5.41, 5.74) is -0.932. The van der Waals surface area contributed by atoms with Crippen LogP contribution in [0.4, 0.5) is 0 Å². The Morgan fingerprint density at radius 1 is 1.37 bits per heavy atom. The maximum absolute atomic E-state index is 12.0. The van der Waals surface area contributed by atoms with Gasteiger partial charge < -0.3 is 5.11 Å². The number of nitrogens with one attached hydrogen (secondary N) is 1. The summed E-state index contributed by atoms with van der Waals surface area (Å²) < 4.78 is 26.7. The number of nitrogens with zero attached hydrogens (tertiary/aromatic N) is 1. The molecule has 0 unspecified atom stereocenters. The van der Waals surface area contributed by atoms with E-state index in [0.29, 0.717) is 12.8 Å². The molecule has 5 nitrogen and oxygen atoms in total. The largest absolute Gasteiger partial charge is 0.389 e. The van der Waals surface area contributed by atoms with E-state index in [4.69, 9.17) is 11.6 Å². The minimum absolute atomic E-state index is 0.0465. The van der Waals surface area contributed by atoms with E-state index in [1.54, 1.807) is 0 Å². The van der Waals surface area contributed by atoms with Crippen LogP contribution < -0.4 is 4.72 Å². The van der Waals surface area contributed by atoms with Crippen molar-refractivity contribution in [2.24, 2.45) is 0 Å². The topological polar surface area (TPSA) is 79.3 Å². The maximum Gasteiger partial charge on any atom is 0.251 e. The number of aromatic nitrogens is 1. The summed E-state index contributed by atoms with van der Waals surface area (Å²) in [7, 11) is -3.63. The SMILES string of the molecule is O=S(=O)(NCC1(O)CCCCCC1)c1cnc(Cl)s1. The van der Waals surface area contributed by atoms with Gasteiger partial charge in [-0.1, -0.05) is 48.6 Å². The second-order valence-electron chi connectivity index (χ2n) is 4.90. The van der Waals surface area contributed by atoms with E-state index in [0.717, 1.165) is 37.0 Å². The molecule has 1 saturated carbocycles. The molecule has 0 saturated heterocycles. The van der Waals surface area contributed by atoms with Gasteiger partial charge in [0.1, 0.15) is 0 Å². The zero-order valence-electron chi connectivity index (χ0n) is 10.4. The van der Waals surface area contributed by atoms with Crippen LogP contribution in [0, 0.1) is 0 Å². The predicted octanol–water partition coefficient (Wildman–Crippen LogP) is 2.16. The summed E-state index contributed by atoms with van der Waals surface area (Å²) in [6, 6.07) is 0. The van der Waals surface area contributed by atoms with Gasteiger partial charge in [-0.2, -0.15) is 0 Å². The standard InChI is InChI=1S/C11H17ClN2O3S2/c12-10-13-7-9(18-10)19(16,17)14-8-11(15)5-3-1-2-4-6-11/h7,14-15H,1-6,8H2. The van der Waals surface area contributed by atoms with Gasteiger partial charge in [-0.3, -0.25) is 0 Å². The van der Waals surface area contributed by atoms with Gasteiger partial charge in [0, 0.05) is 6.54 Å². The number of sulfonamides is 1. The molecule has 0 spiro atoms. The third-order valence-corrected chi connectivity index (χ3v) is 6.32. The summed E-state index contributed by atoms with van der Waals surface area (Å²) in [6.07, 6.45) is 6.57. The van der Waals surface area contributed by atoms with Crippen molar-refractivity contribution in [1.29, 1.82) is 0 Å². The second-order valence-corrected chi connectivity index (χ2v) is 8.50. The van der Waals surface area contributed by atoms with Gasteiger partial charge in [0.25, 0.3) is 10.0 Å². The van der Waals surface area contributed by atoms with E-state index in [9.17, 15) is 13.5 Å². The number of hydrogen-bond donors (Lipinski definition) is 2. The van der Waals surface area contributed by atoms with Crippen molar-refractivity contribution in [3.05, 3.63) is 10.7 Å². The number of hydrogen-bond acceptors (Lipinski definition) is 5. The fourth-order valence-electron chi connectivity index (χ4n) is 2.23. The Morgan fingerprint density at radius 3 is 2.53 bits per heavy atom. The average Bonchev–Trinajstić information content (AvgIpc) is 2.68. The quantitative estimate of drug-likeness (QED) is 0.832. The van der Waals surface area contributed by atoms with Crippen molar-refractivity contribution in [3.63, 3.8) is 0 Å². The van der Waals surface area contributed by atoms with E-state index in [2.05, 4.69) is 9.71 Å². The Hall–Kier alpha value is -0.210. The normalized spacial score (nSPS) is 20.1. The Bertz CT molecular complexity index is 522. The monoisotopic (exact) mass is 324 g/mol. The van der Waals surface area contributed by atoms with Crippen LogP contribution in [0.15, 0.2) is 10.4 Å². The molecule has 1 heterocycles. The molecule has 1 aliphatic rings. The molecule has 1 aromatic rings. The van der Waals surface area contributed by atoms with E-state index >= 15 is 0 Å². The molecule has 0 atom stereocenters. The first-order chi connectivity index (χ1) is 8.91. The molecule has 1 aliphatic carbocycles. The second kappa shape index (κ2) is 6.05. The highest BCUT2D eigenvalue weighted by Gasteiger charge is 2.30. The zero-order valence-corrected chi connectivity index (χ0v) is 12.8. The molecule has 0 bridgehead atoms. The van der Waals surface area contributed by atoms with Gasteiger partial charge in [-0.25, -0.2) is 18.1 Å². The number of thiazole rings is 1. The van der Waals surface area contributed by atoms with Gasteiger partial charge in [0.15, 0.2) is 8.68 Å². The Balaban J connectivity index is 2.01. The fraction of sp³-hybridized carbons (Fsp3) is 0.727. The van der Waals surface area contributed by atoms with Crippen LogP contribution in [0.1, 0.15) is 38.5 Å². The minimum atomic E-state index is -3.63. The van der Waals surface area contributed by atoms with Crippen LogP contribution in [0.25, 0.3) is 0 Å². The first-order valence-corrected chi connectivity index (χ1v) is 8.92. The highest BCUT2D eigenvalue weighted by molar-refractivity contribution is 7.91. The van der Waals surface area contributed by atoms with Crippen LogP contribution in [-0.4, -0.2) is 30.7 Å². The Morgan fingerprint density at radius 2 is 2.00 bits per heavy atom. The smallest absolute Gasteiger partial charge is 0.251 e. The molecular formula is C11H17ClN2O3S2. The van der Waals surface area contributed by atoms with Crippen LogP contribution in [0.5, 0.6) is 0 Å². The number of halogens is 1. The molecule has 1 fully saturated rings. The lowest BCUT2D eigenvalue weighted by Crippen LogP contribution is -2.42. The van der Waals surface area contributed by atoms with Crippen LogP contribution in [0.2, 0.25) is 4.47 Å². The maximum atomic E-state index is 12.0. The highest BCUT2D eigenvalue weighted by Crippen LogP contribution is 2.27. The molecule has 0 aromatic carbocycles. The van der Waals surface area contributed by atoms with Crippen molar-refractivity contribution >= 4 is 33.0 Å². The van der Waals surface area contributed by atoms with Crippen molar-refractivity contribution in [1.82, 2.24) is 9.71 Å². The summed E-state index contributed by atoms with van der Waals surface area (Å²) in [4.78, 5) is 3.71. The van der Waals surface area contributed by atoms with Gasteiger partial charge in [-0.15, -0.1) is 0 Å². The molecule has 19 heavy (non-hydrogen) atoms. The lowest BCUT2D eigenvalue weighted by atomic mass is 9.95. The molecule has 2 N–H and O–H groups in total. The van der Waals surface area contributed by atoms with Crippen molar-refractivity contribution in [2.75, 3.05) is 6.54 Å². The molecule has 1 aromatic heterocycles. The third-order valence-electron chi connectivity index (χ3n) is 3.35.